The van der Waals surface area contributed by atoms with Crippen LogP contribution in [-0.4, -0.2) is 12.2 Å². The molecule has 3 nitrogen and oxygen atoms in total. The predicted molar refractivity (Wildman–Crippen MR) is 66.7 cm³/mol. The Hall–Kier alpha value is -1.04. The van der Waals surface area contributed by atoms with Crippen LogP contribution in [0.4, 0.5) is 8.78 Å². The average molecular weight is 258 g/mol. The minimum absolute atomic E-state index is 0.303. The maximum atomic E-state index is 13.8. The molecule has 0 aliphatic rings. The second-order valence-electron chi connectivity index (χ2n) is 4.36. The van der Waals surface area contributed by atoms with Gasteiger partial charge < -0.3 is 4.74 Å². The molecule has 3 N–H and O–H groups in total. The van der Waals surface area contributed by atoms with Crippen LogP contribution >= 0.6 is 0 Å². The van der Waals surface area contributed by atoms with Crippen molar-refractivity contribution in [2.24, 2.45) is 5.84 Å². The number of ether oxygens (including phenoxy) is 1. The summed E-state index contributed by atoms with van der Waals surface area (Å²) in [5.74, 6) is 4.28. The van der Waals surface area contributed by atoms with E-state index in [2.05, 4.69) is 5.43 Å². The molecular weight excluding hydrogens is 238 g/mol. The van der Waals surface area contributed by atoms with Gasteiger partial charge in [-0.05, 0) is 26.3 Å². The van der Waals surface area contributed by atoms with Crippen LogP contribution in [0.2, 0.25) is 0 Å². The molecule has 2 unspecified atom stereocenters. The van der Waals surface area contributed by atoms with E-state index in [1.165, 1.54) is 12.1 Å². The van der Waals surface area contributed by atoms with Crippen LogP contribution in [-0.2, 0) is 4.74 Å². The molecule has 1 aromatic carbocycles. The minimum Gasteiger partial charge on any atom is -0.374 e. The second-order valence-corrected chi connectivity index (χ2v) is 4.36. The Labute approximate surface area is 106 Å². The van der Waals surface area contributed by atoms with Gasteiger partial charge in [-0.15, -0.1) is 0 Å². The minimum atomic E-state index is -0.651. The van der Waals surface area contributed by atoms with Crippen molar-refractivity contribution in [3.63, 3.8) is 0 Å². The van der Waals surface area contributed by atoms with Crippen LogP contribution in [0.3, 0.4) is 0 Å². The summed E-state index contributed by atoms with van der Waals surface area (Å²) in [6.07, 6.45) is 0.645. The molecule has 0 amide bonds. The van der Waals surface area contributed by atoms with Crippen LogP contribution < -0.4 is 11.3 Å². The number of hydrogen-bond acceptors (Lipinski definition) is 3. The van der Waals surface area contributed by atoms with Crippen molar-refractivity contribution in [1.29, 1.82) is 0 Å². The monoisotopic (exact) mass is 258 g/mol. The molecule has 0 aromatic heterocycles. The first-order valence-electron chi connectivity index (χ1n) is 6.03. The molecule has 1 aromatic rings. The number of rotatable bonds is 6. The number of nitrogens with two attached hydrogens (primary N) is 1. The molecule has 102 valence electrons. The Morgan fingerprint density at radius 2 is 2.06 bits per heavy atom. The van der Waals surface area contributed by atoms with Gasteiger partial charge in [0.05, 0.1) is 11.6 Å². The van der Waals surface area contributed by atoms with E-state index < -0.39 is 23.3 Å². The Kier molecular flexibility index (Phi) is 5.19. The molecule has 2 atom stereocenters. The van der Waals surface area contributed by atoms with Crippen molar-refractivity contribution in [2.45, 2.75) is 38.8 Å². The fourth-order valence-electron chi connectivity index (χ4n) is 2.05. The quantitative estimate of drug-likeness (QED) is 0.609. The maximum absolute atomic E-state index is 13.8. The van der Waals surface area contributed by atoms with Crippen molar-refractivity contribution in [3.05, 3.63) is 35.4 Å². The normalized spacial score (nSPS) is 16.3. The summed E-state index contributed by atoms with van der Waals surface area (Å²) >= 11 is 0. The highest BCUT2D eigenvalue weighted by atomic mass is 19.1. The van der Waals surface area contributed by atoms with Gasteiger partial charge in [-0.2, -0.15) is 0 Å². The van der Waals surface area contributed by atoms with Gasteiger partial charge in [-0.25, -0.2) is 14.2 Å². The van der Waals surface area contributed by atoms with E-state index in [9.17, 15) is 8.78 Å². The molecule has 1 rings (SSSR count). The van der Waals surface area contributed by atoms with Gasteiger partial charge in [-0.3, -0.25) is 5.84 Å². The molecule has 0 radical (unpaired) electrons. The van der Waals surface area contributed by atoms with Gasteiger partial charge in [0.15, 0.2) is 0 Å². The Balaban J connectivity index is 3.15. The van der Waals surface area contributed by atoms with Gasteiger partial charge in [0.1, 0.15) is 11.6 Å². The fourth-order valence-corrected chi connectivity index (χ4v) is 2.05. The fraction of sp³-hybridized carbons (Fsp3) is 0.538. The Bertz CT molecular complexity index is 401. The lowest BCUT2D eigenvalue weighted by Crippen LogP contribution is -2.46. The van der Waals surface area contributed by atoms with Gasteiger partial charge in [0, 0.05) is 18.2 Å². The third kappa shape index (κ3) is 3.04. The topological polar surface area (TPSA) is 47.3 Å². The lowest BCUT2D eigenvalue weighted by atomic mass is 9.87. The largest absolute Gasteiger partial charge is 0.374 e. The second kappa shape index (κ2) is 6.22. The molecule has 0 aliphatic heterocycles. The summed E-state index contributed by atoms with van der Waals surface area (Å²) in [5, 5.41) is 0. The molecule has 0 heterocycles. The van der Waals surface area contributed by atoms with Crippen molar-refractivity contribution in [3.8, 4) is 0 Å². The molecule has 5 heteroatoms. The Morgan fingerprint density at radius 1 is 1.39 bits per heavy atom. The van der Waals surface area contributed by atoms with E-state index in [0.29, 0.717) is 18.6 Å². The molecule has 18 heavy (non-hydrogen) atoms. The van der Waals surface area contributed by atoms with E-state index in [1.807, 2.05) is 20.8 Å². The molecule has 0 saturated heterocycles. The van der Waals surface area contributed by atoms with Crippen molar-refractivity contribution in [1.82, 2.24) is 5.43 Å². The predicted octanol–water partition coefficient (Wildman–Crippen LogP) is 2.67. The highest BCUT2D eigenvalue weighted by Gasteiger charge is 2.35. The molecule has 0 spiro atoms. The molecular formula is C13H20F2N2O. The number of hydrazine groups is 1. The van der Waals surface area contributed by atoms with Crippen LogP contribution in [0.15, 0.2) is 18.2 Å². The van der Waals surface area contributed by atoms with Crippen LogP contribution in [0, 0.1) is 11.6 Å². The average Bonchev–Trinajstić information content (AvgIpc) is 2.33. The first kappa shape index (κ1) is 15.0. The number of hydrogen-bond donors (Lipinski definition) is 2. The van der Waals surface area contributed by atoms with Gasteiger partial charge >= 0.3 is 0 Å². The van der Waals surface area contributed by atoms with Crippen LogP contribution in [0.1, 0.15) is 38.8 Å². The smallest absolute Gasteiger partial charge is 0.131 e. The third-order valence-electron chi connectivity index (χ3n) is 3.23. The van der Waals surface area contributed by atoms with E-state index in [0.717, 1.165) is 6.07 Å². The lowest BCUT2D eigenvalue weighted by Gasteiger charge is -2.36. The van der Waals surface area contributed by atoms with Crippen LogP contribution in [0.5, 0.6) is 0 Å². The molecule has 0 saturated carbocycles. The van der Waals surface area contributed by atoms with Gasteiger partial charge in [0.25, 0.3) is 0 Å². The van der Waals surface area contributed by atoms with E-state index >= 15 is 0 Å². The van der Waals surface area contributed by atoms with Gasteiger partial charge in [0.2, 0.25) is 0 Å². The van der Waals surface area contributed by atoms with Crippen molar-refractivity contribution >= 4 is 0 Å². The van der Waals surface area contributed by atoms with E-state index in [1.54, 1.807) is 0 Å². The first-order valence-corrected chi connectivity index (χ1v) is 6.03. The van der Waals surface area contributed by atoms with Gasteiger partial charge in [-0.1, -0.05) is 13.0 Å². The SMILES string of the molecule is CCOC(C)(CC)C(NN)c1ccc(F)cc1F. The summed E-state index contributed by atoms with van der Waals surface area (Å²) in [5.41, 5.74) is 2.22. The van der Waals surface area contributed by atoms with Crippen molar-refractivity contribution in [2.75, 3.05) is 6.61 Å². The number of nitrogens with one attached hydrogen (secondary N) is 1. The molecule has 0 aliphatic carbocycles. The summed E-state index contributed by atoms with van der Waals surface area (Å²) in [6.45, 7) is 6.14. The zero-order valence-corrected chi connectivity index (χ0v) is 11.0. The molecule has 0 fully saturated rings. The summed E-state index contributed by atoms with van der Waals surface area (Å²) in [4.78, 5) is 0. The highest BCUT2D eigenvalue weighted by Crippen LogP contribution is 2.33. The van der Waals surface area contributed by atoms with E-state index in [-0.39, 0.29) is 0 Å². The summed E-state index contributed by atoms with van der Waals surface area (Å²) in [7, 11) is 0. The van der Waals surface area contributed by atoms with Crippen molar-refractivity contribution < 1.29 is 13.5 Å². The molecule has 0 bridgehead atoms. The number of benzene rings is 1. The zero-order chi connectivity index (χ0) is 13.8. The first-order chi connectivity index (χ1) is 8.48. The van der Waals surface area contributed by atoms with E-state index in [4.69, 9.17) is 10.6 Å². The standard InChI is InChI=1S/C13H20F2N2O/c1-4-13(3,18-5-2)12(17-16)10-7-6-9(14)8-11(10)15/h6-8,12,17H,4-5,16H2,1-3H3. The lowest BCUT2D eigenvalue weighted by molar-refractivity contribution is -0.0571. The number of halogens is 2. The summed E-state index contributed by atoms with van der Waals surface area (Å²) in [6, 6.07) is 2.91. The Morgan fingerprint density at radius 3 is 2.50 bits per heavy atom. The zero-order valence-electron chi connectivity index (χ0n) is 11.0. The van der Waals surface area contributed by atoms with Crippen LogP contribution in [0.25, 0.3) is 0 Å². The summed E-state index contributed by atoms with van der Waals surface area (Å²) < 4.78 is 32.4. The highest BCUT2D eigenvalue weighted by molar-refractivity contribution is 5.24. The maximum Gasteiger partial charge on any atom is 0.131 e. The third-order valence-corrected chi connectivity index (χ3v) is 3.23.